The summed E-state index contributed by atoms with van der Waals surface area (Å²) in [6.45, 7) is 4.97. The predicted molar refractivity (Wildman–Crippen MR) is 66.4 cm³/mol. The molecule has 4 heteroatoms. The molecule has 0 saturated carbocycles. The van der Waals surface area contributed by atoms with Crippen LogP contribution in [0.1, 0.15) is 24.2 Å². The lowest BCUT2D eigenvalue weighted by Gasteiger charge is -2.08. The molecule has 1 aromatic rings. The van der Waals surface area contributed by atoms with Crippen molar-refractivity contribution in [3.05, 3.63) is 29.8 Å². The summed E-state index contributed by atoms with van der Waals surface area (Å²) in [5.74, 6) is 0.643. The van der Waals surface area contributed by atoms with Crippen LogP contribution in [0.3, 0.4) is 0 Å². The Morgan fingerprint density at radius 2 is 1.94 bits per heavy atom. The third-order valence-electron chi connectivity index (χ3n) is 2.19. The Hall–Kier alpha value is -1.55. The summed E-state index contributed by atoms with van der Waals surface area (Å²) in [6.07, 6.45) is 0.188. The van der Waals surface area contributed by atoms with Crippen molar-refractivity contribution < 1.29 is 14.3 Å². The highest BCUT2D eigenvalue weighted by Crippen LogP contribution is 2.10. The first-order chi connectivity index (χ1) is 8.13. The van der Waals surface area contributed by atoms with E-state index in [1.807, 2.05) is 13.8 Å². The van der Waals surface area contributed by atoms with Gasteiger partial charge in [0.2, 0.25) is 0 Å². The first-order valence-corrected chi connectivity index (χ1v) is 5.67. The van der Waals surface area contributed by atoms with Gasteiger partial charge in [-0.3, -0.25) is 4.79 Å². The number of hydrogen-bond acceptors (Lipinski definition) is 3. The number of carbonyl (C=O) groups excluding carboxylic acids is 1. The summed E-state index contributed by atoms with van der Waals surface area (Å²) < 4.78 is 10.4. The van der Waals surface area contributed by atoms with E-state index in [9.17, 15) is 4.79 Å². The monoisotopic (exact) mass is 237 g/mol. The Bertz CT molecular complexity index is 346. The van der Waals surface area contributed by atoms with Gasteiger partial charge in [-0.1, -0.05) is 0 Å². The third kappa shape index (κ3) is 4.87. The second-order valence-corrected chi connectivity index (χ2v) is 3.90. The molecular weight excluding hydrogens is 218 g/mol. The van der Waals surface area contributed by atoms with E-state index in [1.54, 1.807) is 31.4 Å². The zero-order valence-electron chi connectivity index (χ0n) is 10.5. The van der Waals surface area contributed by atoms with Crippen LogP contribution in [0, 0.1) is 0 Å². The highest BCUT2D eigenvalue weighted by atomic mass is 16.5. The Kier molecular flexibility index (Phi) is 5.49. The van der Waals surface area contributed by atoms with Crippen LogP contribution in [0.15, 0.2) is 24.3 Å². The fourth-order valence-electron chi connectivity index (χ4n) is 1.30. The molecule has 1 N–H and O–H groups in total. The van der Waals surface area contributed by atoms with Gasteiger partial charge in [-0.15, -0.1) is 0 Å². The number of benzene rings is 1. The number of nitrogens with one attached hydrogen (secondary N) is 1. The van der Waals surface area contributed by atoms with Crippen LogP contribution in [0.4, 0.5) is 0 Å². The van der Waals surface area contributed by atoms with Gasteiger partial charge < -0.3 is 14.8 Å². The lowest BCUT2D eigenvalue weighted by molar-refractivity contribution is 0.0746. The molecule has 1 aromatic carbocycles. The summed E-state index contributed by atoms with van der Waals surface area (Å²) in [7, 11) is 1.60. The third-order valence-corrected chi connectivity index (χ3v) is 2.19. The molecule has 0 heterocycles. The minimum absolute atomic E-state index is 0.0972. The number of ether oxygens (including phenoxy) is 2. The topological polar surface area (TPSA) is 47.6 Å². The lowest BCUT2D eigenvalue weighted by atomic mass is 10.2. The van der Waals surface area contributed by atoms with Crippen LogP contribution in [-0.4, -0.2) is 32.3 Å². The first-order valence-electron chi connectivity index (χ1n) is 5.67. The molecule has 0 fully saturated rings. The fraction of sp³-hybridized carbons (Fsp3) is 0.462. The minimum Gasteiger partial charge on any atom is -0.497 e. The summed E-state index contributed by atoms with van der Waals surface area (Å²) in [5, 5.41) is 2.79. The highest BCUT2D eigenvalue weighted by Gasteiger charge is 2.04. The average Bonchev–Trinajstić information content (AvgIpc) is 2.34. The number of methoxy groups -OCH3 is 1. The largest absolute Gasteiger partial charge is 0.497 e. The summed E-state index contributed by atoms with van der Waals surface area (Å²) in [5.41, 5.74) is 0.621. The molecule has 0 aromatic heterocycles. The summed E-state index contributed by atoms with van der Waals surface area (Å²) >= 11 is 0. The second kappa shape index (κ2) is 6.91. The van der Waals surface area contributed by atoms with Crippen LogP contribution in [0.5, 0.6) is 5.75 Å². The maximum atomic E-state index is 11.7. The van der Waals surface area contributed by atoms with Crippen LogP contribution in [0.25, 0.3) is 0 Å². The minimum atomic E-state index is -0.0972. The number of rotatable bonds is 6. The van der Waals surface area contributed by atoms with E-state index in [0.717, 1.165) is 5.75 Å². The molecule has 0 radical (unpaired) electrons. The van der Waals surface area contributed by atoms with Gasteiger partial charge in [0.15, 0.2) is 0 Å². The van der Waals surface area contributed by atoms with E-state index in [4.69, 9.17) is 9.47 Å². The summed E-state index contributed by atoms with van der Waals surface area (Å²) in [6, 6.07) is 6.99. The molecular formula is C13H19NO3. The van der Waals surface area contributed by atoms with Gasteiger partial charge in [0.25, 0.3) is 5.91 Å². The summed E-state index contributed by atoms with van der Waals surface area (Å²) in [4.78, 5) is 11.7. The van der Waals surface area contributed by atoms with E-state index in [0.29, 0.717) is 18.7 Å². The Morgan fingerprint density at radius 1 is 1.29 bits per heavy atom. The fourth-order valence-corrected chi connectivity index (χ4v) is 1.30. The van der Waals surface area contributed by atoms with Crippen LogP contribution < -0.4 is 10.1 Å². The molecule has 17 heavy (non-hydrogen) atoms. The van der Waals surface area contributed by atoms with Crippen molar-refractivity contribution >= 4 is 5.91 Å². The molecule has 0 unspecified atom stereocenters. The normalized spacial score (nSPS) is 10.4. The van der Waals surface area contributed by atoms with Crippen LogP contribution in [-0.2, 0) is 4.74 Å². The van der Waals surface area contributed by atoms with Crippen LogP contribution in [0.2, 0.25) is 0 Å². The van der Waals surface area contributed by atoms with E-state index in [2.05, 4.69) is 5.32 Å². The zero-order chi connectivity index (χ0) is 12.7. The maximum Gasteiger partial charge on any atom is 0.251 e. The Balaban J connectivity index is 2.36. The molecule has 0 aliphatic carbocycles. The number of carbonyl (C=O) groups is 1. The molecule has 0 aliphatic rings. The maximum absolute atomic E-state index is 11.7. The molecule has 94 valence electrons. The van der Waals surface area contributed by atoms with E-state index >= 15 is 0 Å². The van der Waals surface area contributed by atoms with Gasteiger partial charge >= 0.3 is 0 Å². The standard InChI is InChI=1S/C13H19NO3/c1-10(2)17-9-8-14-13(15)11-4-6-12(16-3)7-5-11/h4-7,10H,8-9H2,1-3H3,(H,14,15). The molecule has 1 rings (SSSR count). The van der Waals surface area contributed by atoms with Crippen molar-refractivity contribution in [3.63, 3.8) is 0 Å². The Labute approximate surface area is 102 Å². The van der Waals surface area contributed by atoms with Gasteiger partial charge in [0, 0.05) is 12.1 Å². The highest BCUT2D eigenvalue weighted by molar-refractivity contribution is 5.94. The first kappa shape index (κ1) is 13.5. The SMILES string of the molecule is COc1ccc(C(=O)NCCOC(C)C)cc1. The van der Waals surface area contributed by atoms with Crippen molar-refractivity contribution in [1.29, 1.82) is 0 Å². The van der Waals surface area contributed by atoms with Gasteiger partial charge in [0.1, 0.15) is 5.75 Å². The molecule has 0 bridgehead atoms. The van der Waals surface area contributed by atoms with Crippen molar-refractivity contribution in [2.24, 2.45) is 0 Å². The lowest BCUT2D eigenvalue weighted by Crippen LogP contribution is -2.27. The van der Waals surface area contributed by atoms with E-state index < -0.39 is 0 Å². The predicted octanol–water partition coefficient (Wildman–Crippen LogP) is 1.85. The molecule has 1 amide bonds. The molecule has 0 saturated heterocycles. The quantitative estimate of drug-likeness (QED) is 0.768. The van der Waals surface area contributed by atoms with Crippen LogP contribution >= 0.6 is 0 Å². The molecule has 0 atom stereocenters. The average molecular weight is 237 g/mol. The van der Waals surface area contributed by atoms with Gasteiger partial charge in [-0.25, -0.2) is 0 Å². The number of hydrogen-bond donors (Lipinski definition) is 1. The molecule has 0 spiro atoms. The molecule has 0 aliphatic heterocycles. The van der Waals surface area contributed by atoms with Crippen molar-refractivity contribution in [1.82, 2.24) is 5.32 Å². The van der Waals surface area contributed by atoms with Crippen molar-refractivity contribution in [2.75, 3.05) is 20.3 Å². The number of amides is 1. The van der Waals surface area contributed by atoms with Gasteiger partial charge in [0.05, 0.1) is 19.8 Å². The van der Waals surface area contributed by atoms with E-state index in [1.165, 1.54) is 0 Å². The zero-order valence-corrected chi connectivity index (χ0v) is 10.5. The van der Waals surface area contributed by atoms with Gasteiger partial charge in [-0.2, -0.15) is 0 Å². The van der Waals surface area contributed by atoms with Crippen molar-refractivity contribution in [2.45, 2.75) is 20.0 Å². The van der Waals surface area contributed by atoms with Gasteiger partial charge in [-0.05, 0) is 38.1 Å². The smallest absolute Gasteiger partial charge is 0.251 e. The molecule has 4 nitrogen and oxygen atoms in total. The second-order valence-electron chi connectivity index (χ2n) is 3.90. The van der Waals surface area contributed by atoms with E-state index in [-0.39, 0.29) is 12.0 Å². The van der Waals surface area contributed by atoms with Crippen molar-refractivity contribution in [3.8, 4) is 5.75 Å². The Morgan fingerprint density at radius 3 is 2.47 bits per heavy atom.